The lowest BCUT2D eigenvalue weighted by atomic mass is 10.2. The molecule has 1 amide bonds. The van der Waals surface area contributed by atoms with Crippen molar-refractivity contribution < 1.29 is 14.3 Å². The highest BCUT2D eigenvalue weighted by atomic mass is 35.5. The van der Waals surface area contributed by atoms with Gasteiger partial charge in [-0.15, -0.1) is 0 Å². The summed E-state index contributed by atoms with van der Waals surface area (Å²) in [6.45, 7) is 3.84. The molecule has 184 valence electrons. The summed E-state index contributed by atoms with van der Waals surface area (Å²) in [6.07, 6.45) is 8.02. The average Bonchev–Trinajstić information content (AvgIpc) is 3.47. The zero-order valence-electron chi connectivity index (χ0n) is 19.5. The summed E-state index contributed by atoms with van der Waals surface area (Å²) in [5, 5.41) is 10.7. The van der Waals surface area contributed by atoms with Crippen LogP contribution < -0.4 is 25.8 Å². The Morgan fingerprint density at radius 2 is 2.11 bits per heavy atom. The molecule has 0 aliphatic heterocycles. The molecule has 0 spiro atoms. The molecule has 0 bridgehead atoms. The van der Waals surface area contributed by atoms with Crippen molar-refractivity contribution in [2.24, 2.45) is 5.73 Å². The Labute approximate surface area is 212 Å². The first-order valence-corrected chi connectivity index (χ1v) is 11.6. The largest absolute Gasteiger partial charge is 0.494 e. The monoisotopic (exact) mass is 505 g/mol. The van der Waals surface area contributed by atoms with Gasteiger partial charge >= 0.3 is 0 Å². The fourth-order valence-electron chi connectivity index (χ4n) is 3.61. The van der Waals surface area contributed by atoms with Gasteiger partial charge in [-0.05, 0) is 37.1 Å². The Morgan fingerprint density at radius 1 is 1.28 bits per heavy atom. The number of hydrogen-bond donors (Lipinski definition) is 3. The van der Waals surface area contributed by atoms with Gasteiger partial charge in [0, 0.05) is 17.8 Å². The molecule has 3 aromatic heterocycles. The van der Waals surface area contributed by atoms with Crippen LogP contribution in [0.2, 0.25) is 5.02 Å². The highest BCUT2D eigenvalue weighted by molar-refractivity contribution is 6.33. The molecular weight excluding hydrogens is 482 g/mol. The van der Waals surface area contributed by atoms with E-state index in [9.17, 15) is 4.79 Å². The number of rotatable bonds is 9. The second-order valence-corrected chi connectivity index (χ2v) is 8.90. The van der Waals surface area contributed by atoms with Crippen molar-refractivity contribution in [2.45, 2.75) is 18.4 Å². The average molecular weight is 506 g/mol. The lowest BCUT2D eigenvalue weighted by Crippen LogP contribution is -2.30. The van der Waals surface area contributed by atoms with E-state index in [4.69, 9.17) is 26.8 Å². The normalized spacial score (nSPS) is 13.8. The summed E-state index contributed by atoms with van der Waals surface area (Å²) < 4.78 is 13.3. The fraction of sp³-hybridized carbons (Fsp3) is 0.200. The Morgan fingerprint density at radius 3 is 2.86 bits per heavy atom. The Bertz CT molecular complexity index is 1470. The van der Waals surface area contributed by atoms with E-state index in [0.29, 0.717) is 40.2 Å². The molecule has 36 heavy (non-hydrogen) atoms. The summed E-state index contributed by atoms with van der Waals surface area (Å²) in [4.78, 5) is 21.0. The molecule has 5 rings (SSSR count). The zero-order valence-corrected chi connectivity index (χ0v) is 20.2. The minimum Gasteiger partial charge on any atom is -0.494 e. The second kappa shape index (κ2) is 9.48. The van der Waals surface area contributed by atoms with E-state index in [0.717, 1.165) is 23.9 Å². The van der Waals surface area contributed by atoms with E-state index in [-0.39, 0.29) is 17.4 Å². The maximum absolute atomic E-state index is 12.1. The molecule has 0 atom stereocenters. The zero-order chi connectivity index (χ0) is 25.3. The van der Waals surface area contributed by atoms with Crippen LogP contribution >= 0.6 is 11.6 Å². The maximum Gasteiger partial charge on any atom is 0.247 e. The van der Waals surface area contributed by atoms with Gasteiger partial charge in [-0.1, -0.05) is 24.2 Å². The predicted molar refractivity (Wildman–Crippen MR) is 138 cm³/mol. The topological polar surface area (TPSA) is 129 Å². The van der Waals surface area contributed by atoms with Crippen LogP contribution in [0.3, 0.4) is 0 Å². The summed E-state index contributed by atoms with van der Waals surface area (Å²) in [5.74, 6) is 0.771. The number of nitrogens with zero attached hydrogens (tertiary/aromatic N) is 4. The van der Waals surface area contributed by atoms with Gasteiger partial charge in [-0.25, -0.2) is 14.5 Å². The third-order valence-electron chi connectivity index (χ3n) is 5.82. The molecule has 3 heterocycles. The molecule has 1 saturated carbocycles. The van der Waals surface area contributed by atoms with E-state index in [1.807, 2.05) is 24.4 Å². The standard InChI is InChI=1S/C25H24ClN7O3/c1-3-22(34)30-18-10-17(20(35-2)11-21(18)36-14-25(27)7-8-25)31-24-28-13-16(26)23(32-24)15-12-29-33-9-5-4-6-19(15)33/h3-6,9-13H,1,7-8,14,27H2,2H3,(H,30,34)(H,28,31,32). The smallest absolute Gasteiger partial charge is 0.247 e. The number of nitrogens with one attached hydrogen (secondary N) is 2. The molecule has 1 aromatic carbocycles. The Hall–Kier alpha value is -4.15. The minimum absolute atomic E-state index is 0.275. The number of carbonyl (C=O) groups is 1. The van der Waals surface area contributed by atoms with Crippen LogP contribution in [0, 0.1) is 0 Å². The van der Waals surface area contributed by atoms with E-state index < -0.39 is 0 Å². The van der Waals surface area contributed by atoms with Crippen molar-refractivity contribution in [3.05, 3.63) is 66.6 Å². The van der Waals surface area contributed by atoms with Gasteiger partial charge < -0.3 is 25.8 Å². The van der Waals surface area contributed by atoms with Gasteiger partial charge in [0.2, 0.25) is 11.9 Å². The molecule has 0 saturated heterocycles. The number of aromatic nitrogens is 4. The summed E-state index contributed by atoms with van der Waals surface area (Å²) in [6, 6.07) is 9.08. The first-order valence-electron chi connectivity index (χ1n) is 11.2. The van der Waals surface area contributed by atoms with Gasteiger partial charge in [0.05, 0.1) is 52.7 Å². The summed E-state index contributed by atoms with van der Waals surface area (Å²) >= 11 is 6.45. The molecule has 4 aromatic rings. The van der Waals surface area contributed by atoms with Crippen molar-refractivity contribution in [2.75, 3.05) is 24.4 Å². The number of methoxy groups -OCH3 is 1. The van der Waals surface area contributed by atoms with Gasteiger partial charge in [0.15, 0.2) is 0 Å². The van der Waals surface area contributed by atoms with Crippen LogP contribution in [0.25, 0.3) is 16.8 Å². The molecule has 0 unspecified atom stereocenters. The lowest BCUT2D eigenvalue weighted by molar-refractivity contribution is -0.111. The van der Waals surface area contributed by atoms with Crippen molar-refractivity contribution >= 4 is 40.3 Å². The SMILES string of the molecule is C=CC(=O)Nc1cc(Nc2ncc(Cl)c(-c3cnn4ccccc34)n2)c(OC)cc1OCC1(N)CC1. The molecule has 1 aliphatic rings. The number of benzene rings is 1. The number of amides is 1. The molecular formula is C25H24ClN7O3. The number of halogens is 1. The number of anilines is 3. The van der Waals surface area contributed by atoms with Crippen molar-refractivity contribution in [1.82, 2.24) is 19.6 Å². The van der Waals surface area contributed by atoms with Gasteiger partial charge in [-0.2, -0.15) is 5.10 Å². The first-order chi connectivity index (χ1) is 17.4. The molecule has 11 heteroatoms. The molecule has 1 aliphatic carbocycles. The minimum atomic E-state index is -0.386. The molecule has 10 nitrogen and oxygen atoms in total. The molecule has 4 N–H and O–H groups in total. The third-order valence-corrected chi connectivity index (χ3v) is 6.10. The quantitative estimate of drug-likeness (QED) is 0.289. The van der Waals surface area contributed by atoms with E-state index in [1.54, 1.807) is 22.8 Å². The van der Waals surface area contributed by atoms with Crippen LogP contribution in [0.1, 0.15) is 12.8 Å². The second-order valence-electron chi connectivity index (χ2n) is 8.50. The van der Waals surface area contributed by atoms with E-state index in [2.05, 4.69) is 32.3 Å². The van der Waals surface area contributed by atoms with Crippen LogP contribution in [-0.2, 0) is 4.79 Å². The summed E-state index contributed by atoms with van der Waals surface area (Å²) in [7, 11) is 1.53. The van der Waals surface area contributed by atoms with Gasteiger partial charge in [0.25, 0.3) is 0 Å². The number of fused-ring (bicyclic) bond motifs is 1. The van der Waals surface area contributed by atoms with Crippen molar-refractivity contribution in [3.63, 3.8) is 0 Å². The molecule has 0 radical (unpaired) electrons. The predicted octanol–water partition coefficient (Wildman–Crippen LogP) is 4.19. The van der Waals surface area contributed by atoms with Crippen LogP contribution in [0.15, 0.2) is 61.6 Å². The number of carbonyl (C=O) groups excluding carboxylic acids is 1. The highest BCUT2D eigenvalue weighted by Gasteiger charge is 2.39. The highest BCUT2D eigenvalue weighted by Crippen LogP contribution is 2.40. The summed E-state index contributed by atoms with van der Waals surface area (Å²) in [5.41, 5.74) is 8.89. The van der Waals surface area contributed by atoms with E-state index in [1.165, 1.54) is 19.4 Å². The van der Waals surface area contributed by atoms with E-state index >= 15 is 0 Å². The number of ether oxygens (including phenoxy) is 2. The first kappa shape index (κ1) is 23.6. The molecule has 1 fully saturated rings. The number of pyridine rings is 1. The van der Waals surface area contributed by atoms with Gasteiger partial charge in [0.1, 0.15) is 18.1 Å². The maximum atomic E-state index is 12.1. The lowest BCUT2D eigenvalue weighted by Gasteiger charge is -2.18. The van der Waals surface area contributed by atoms with Gasteiger partial charge in [-0.3, -0.25) is 4.79 Å². The fourth-order valence-corrected chi connectivity index (χ4v) is 3.80. The van der Waals surface area contributed by atoms with Crippen LogP contribution in [0.5, 0.6) is 11.5 Å². The van der Waals surface area contributed by atoms with Crippen LogP contribution in [-0.4, -0.2) is 44.7 Å². The number of nitrogens with two attached hydrogens (primary N) is 1. The van der Waals surface area contributed by atoms with Crippen molar-refractivity contribution in [1.29, 1.82) is 0 Å². The van der Waals surface area contributed by atoms with Crippen molar-refractivity contribution in [3.8, 4) is 22.8 Å². The third kappa shape index (κ3) is 4.81. The Kier molecular flexibility index (Phi) is 6.21. The van der Waals surface area contributed by atoms with Crippen LogP contribution in [0.4, 0.5) is 17.3 Å². The number of hydrogen-bond acceptors (Lipinski definition) is 8. The Balaban J connectivity index is 1.50.